The molecule has 1 aromatic heterocycles. The zero-order chi connectivity index (χ0) is 23.4. The maximum Gasteiger partial charge on any atom is 0.287 e. The maximum absolute atomic E-state index is 13.4. The van der Waals surface area contributed by atoms with Crippen LogP contribution < -0.4 is 10.1 Å². The molecule has 1 saturated heterocycles. The number of carbonyl (C=O) groups is 1. The normalized spacial score (nSPS) is 16.1. The summed E-state index contributed by atoms with van der Waals surface area (Å²) in [6.45, 7) is 2.42. The van der Waals surface area contributed by atoms with Crippen molar-refractivity contribution < 1.29 is 23.4 Å². The van der Waals surface area contributed by atoms with Gasteiger partial charge in [0.25, 0.3) is 5.91 Å². The number of rotatable bonds is 8. The zero-order valence-corrected chi connectivity index (χ0v) is 19.4. The van der Waals surface area contributed by atoms with Gasteiger partial charge in [-0.1, -0.05) is 23.2 Å². The first kappa shape index (κ1) is 23.8. The monoisotopic (exact) mass is 494 g/mol. The quantitative estimate of drug-likeness (QED) is 0.465. The van der Waals surface area contributed by atoms with Gasteiger partial charge in [-0.25, -0.2) is 4.39 Å². The molecule has 1 fully saturated rings. The minimum absolute atomic E-state index is 0.0324. The molecule has 176 valence electrons. The molecule has 4 rings (SSSR count). The van der Waals surface area contributed by atoms with Crippen molar-refractivity contribution >= 4 is 40.1 Å². The molecule has 1 aliphatic rings. The Labute approximate surface area is 201 Å². The van der Waals surface area contributed by atoms with Crippen LogP contribution in [0.5, 0.6) is 5.75 Å². The van der Waals surface area contributed by atoms with Crippen LogP contribution in [0.3, 0.4) is 0 Å². The number of hydrogen-bond donors (Lipinski definition) is 2. The van der Waals surface area contributed by atoms with Crippen molar-refractivity contribution in [3.8, 4) is 5.75 Å². The van der Waals surface area contributed by atoms with Crippen LogP contribution in [0.2, 0.25) is 10.0 Å². The Morgan fingerprint density at radius 1 is 1.21 bits per heavy atom. The molecule has 2 N–H and O–H groups in total. The summed E-state index contributed by atoms with van der Waals surface area (Å²) in [5.74, 6) is -0.172. The summed E-state index contributed by atoms with van der Waals surface area (Å²) in [5.41, 5.74) is 0.628. The number of nitrogens with one attached hydrogen (secondary N) is 1. The van der Waals surface area contributed by atoms with E-state index in [-0.39, 0.29) is 29.3 Å². The first-order chi connectivity index (χ1) is 15.9. The second-order valence-electron chi connectivity index (χ2n) is 8.21. The standard InChI is InChI=1S/C24H25Cl2FN2O4/c25-16-1-4-22-15(11-16)12-23(33-22)24(31)28-17-5-8-29(9-6-17)10-7-18(30)14-32-19-2-3-20(26)21(27)13-19/h1-4,11-13,17-18,30H,5-10,14H2,(H,28,31). The first-order valence-corrected chi connectivity index (χ1v) is 11.6. The van der Waals surface area contributed by atoms with Crippen LogP contribution in [0.1, 0.15) is 29.8 Å². The van der Waals surface area contributed by atoms with Crippen LogP contribution in [-0.4, -0.2) is 54.3 Å². The Kier molecular flexibility index (Phi) is 7.75. The number of piperidine rings is 1. The molecule has 0 bridgehead atoms. The predicted molar refractivity (Wildman–Crippen MR) is 126 cm³/mol. The van der Waals surface area contributed by atoms with Crippen LogP contribution in [0.25, 0.3) is 11.0 Å². The van der Waals surface area contributed by atoms with E-state index in [1.54, 1.807) is 30.3 Å². The van der Waals surface area contributed by atoms with Crippen LogP contribution >= 0.6 is 23.2 Å². The smallest absolute Gasteiger partial charge is 0.287 e. The lowest BCUT2D eigenvalue weighted by Gasteiger charge is -2.32. The van der Waals surface area contributed by atoms with Gasteiger partial charge in [-0.15, -0.1) is 0 Å². The van der Waals surface area contributed by atoms with E-state index in [0.29, 0.717) is 29.3 Å². The molecule has 1 atom stereocenters. The number of hydrogen-bond acceptors (Lipinski definition) is 5. The van der Waals surface area contributed by atoms with Crippen molar-refractivity contribution in [2.24, 2.45) is 0 Å². The van der Waals surface area contributed by atoms with Gasteiger partial charge in [-0.05, 0) is 55.7 Å². The Hall–Kier alpha value is -2.32. The summed E-state index contributed by atoms with van der Waals surface area (Å²) in [4.78, 5) is 14.8. The Bertz CT molecular complexity index is 1120. The number of furan rings is 1. The topological polar surface area (TPSA) is 74.9 Å². The number of halogens is 3. The first-order valence-electron chi connectivity index (χ1n) is 10.9. The molecule has 0 aliphatic carbocycles. The summed E-state index contributed by atoms with van der Waals surface area (Å²) in [6.07, 6.45) is 1.50. The van der Waals surface area contributed by atoms with Crippen molar-refractivity contribution in [2.75, 3.05) is 26.2 Å². The second-order valence-corrected chi connectivity index (χ2v) is 9.06. The second kappa shape index (κ2) is 10.7. The molecule has 9 heteroatoms. The van der Waals surface area contributed by atoms with Crippen LogP contribution in [0.4, 0.5) is 4.39 Å². The number of nitrogens with zero attached hydrogens (tertiary/aromatic N) is 1. The van der Waals surface area contributed by atoms with E-state index in [1.165, 1.54) is 12.1 Å². The number of fused-ring (bicyclic) bond motifs is 1. The molecule has 3 aromatic rings. The average molecular weight is 495 g/mol. The highest BCUT2D eigenvalue weighted by atomic mass is 35.5. The largest absolute Gasteiger partial charge is 0.491 e. The van der Waals surface area contributed by atoms with E-state index < -0.39 is 11.9 Å². The number of carbonyl (C=O) groups excluding carboxylic acids is 1. The van der Waals surface area contributed by atoms with Crippen molar-refractivity contribution in [2.45, 2.75) is 31.4 Å². The number of likely N-dealkylation sites (tertiary alicyclic amines) is 1. The summed E-state index contributed by atoms with van der Waals surface area (Å²) < 4.78 is 24.5. The molecule has 1 amide bonds. The molecule has 0 spiro atoms. The van der Waals surface area contributed by atoms with Crippen LogP contribution in [-0.2, 0) is 0 Å². The highest BCUT2D eigenvalue weighted by Crippen LogP contribution is 2.24. The molecule has 2 aromatic carbocycles. The summed E-state index contributed by atoms with van der Waals surface area (Å²) >= 11 is 11.6. The minimum Gasteiger partial charge on any atom is -0.491 e. The fraction of sp³-hybridized carbons (Fsp3) is 0.375. The van der Waals surface area contributed by atoms with E-state index >= 15 is 0 Å². The van der Waals surface area contributed by atoms with Crippen LogP contribution in [0, 0.1) is 5.82 Å². The molecular formula is C24H25Cl2FN2O4. The number of benzene rings is 2. The van der Waals surface area contributed by atoms with Crippen molar-refractivity contribution in [3.05, 3.63) is 64.1 Å². The SMILES string of the molecule is O=C(NC1CCN(CCC(O)COc2ccc(Cl)c(F)c2)CC1)c1cc2cc(Cl)ccc2o1. The van der Waals surface area contributed by atoms with E-state index in [1.807, 2.05) is 0 Å². The lowest BCUT2D eigenvalue weighted by atomic mass is 10.0. The molecule has 33 heavy (non-hydrogen) atoms. The van der Waals surface area contributed by atoms with Gasteiger partial charge in [0, 0.05) is 42.2 Å². The van der Waals surface area contributed by atoms with Gasteiger partial charge in [0.1, 0.15) is 23.8 Å². The fourth-order valence-corrected chi connectivity index (χ4v) is 4.16. The Balaban J connectivity index is 1.17. The lowest BCUT2D eigenvalue weighted by molar-refractivity contribution is 0.0791. The highest BCUT2D eigenvalue weighted by molar-refractivity contribution is 6.31. The minimum atomic E-state index is -0.664. The summed E-state index contributed by atoms with van der Waals surface area (Å²) in [6, 6.07) is 11.2. The predicted octanol–water partition coefficient (Wildman–Crippen LogP) is 4.90. The van der Waals surface area contributed by atoms with E-state index in [4.69, 9.17) is 32.4 Å². The third-order valence-electron chi connectivity index (χ3n) is 5.74. The third kappa shape index (κ3) is 6.38. The number of ether oxygens (including phenoxy) is 1. The van der Waals surface area contributed by atoms with Crippen molar-refractivity contribution in [3.63, 3.8) is 0 Å². The van der Waals surface area contributed by atoms with Gasteiger partial charge in [-0.3, -0.25) is 4.79 Å². The molecule has 1 unspecified atom stereocenters. The Morgan fingerprint density at radius 3 is 2.76 bits per heavy atom. The van der Waals surface area contributed by atoms with Gasteiger partial charge in [0.15, 0.2) is 5.76 Å². The van der Waals surface area contributed by atoms with Crippen molar-refractivity contribution in [1.29, 1.82) is 0 Å². The van der Waals surface area contributed by atoms with Crippen molar-refractivity contribution in [1.82, 2.24) is 10.2 Å². The van der Waals surface area contributed by atoms with Gasteiger partial charge in [0.2, 0.25) is 0 Å². The molecule has 1 aliphatic heterocycles. The third-order valence-corrected chi connectivity index (χ3v) is 6.28. The van der Waals surface area contributed by atoms with Gasteiger partial charge in [-0.2, -0.15) is 0 Å². The van der Waals surface area contributed by atoms with E-state index in [2.05, 4.69) is 10.2 Å². The van der Waals surface area contributed by atoms with Gasteiger partial charge >= 0.3 is 0 Å². The van der Waals surface area contributed by atoms with Crippen LogP contribution in [0.15, 0.2) is 46.9 Å². The molecule has 6 nitrogen and oxygen atoms in total. The summed E-state index contributed by atoms with van der Waals surface area (Å²) in [7, 11) is 0. The summed E-state index contributed by atoms with van der Waals surface area (Å²) in [5, 5.41) is 14.7. The number of aliphatic hydroxyl groups is 1. The lowest BCUT2D eigenvalue weighted by Crippen LogP contribution is -2.45. The molecule has 0 radical (unpaired) electrons. The van der Waals surface area contributed by atoms with E-state index in [0.717, 1.165) is 31.3 Å². The number of amides is 1. The maximum atomic E-state index is 13.4. The highest BCUT2D eigenvalue weighted by Gasteiger charge is 2.23. The average Bonchev–Trinajstić information content (AvgIpc) is 3.23. The Morgan fingerprint density at radius 2 is 2.00 bits per heavy atom. The molecule has 0 saturated carbocycles. The fourth-order valence-electron chi connectivity index (χ4n) is 3.86. The number of aliphatic hydroxyl groups excluding tert-OH is 1. The van der Waals surface area contributed by atoms with Gasteiger partial charge in [0.05, 0.1) is 11.1 Å². The molecule has 2 heterocycles. The van der Waals surface area contributed by atoms with E-state index in [9.17, 15) is 14.3 Å². The van der Waals surface area contributed by atoms with Gasteiger partial charge < -0.3 is 24.5 Å². The zero-order valence-electron chi connectivity index (χ0n) is 17.9. The molecular weight excluding hydrogens is 470 g/mol.